The van der Waals surface area contributed by atoms with Gasteiger partial charge in [-0.2, -0.15) is 0 Å². The Hall–Kier alpha value is -1.10. The lowest BCUT2D eigenvalue weighted by atomic mass is 10.6. The third kappa shape index (κ3) is 1.24. The normalized spacial score (nSPS) is 9.30. The van der Waals surface area contributed by atoms with E-state index in [9.17, 15) is 10.1 Å². The van der Waals surface area contributed by atoms with E-state index in [0.29, 0.717) is 5.75 Å². The molecule has 0 fully saturated rings. The molecule has 1 aromatic rings. The standard InChI is InChI=1S/C5H5NO3S/c1-9-4-2-5(6(7)8)10-3-4/h2-3H,1H3. The van der Waals surface area contributed by atoms with Crippen LogP contribution >= 0.6 is 11.3 Å². The molecule has 0 aliphatic rings. The Balaban J connectivity index is 2.88. The molecule has 0 bridgehead atoms. The summed E-state index contributed by atoms with van der Waals surface area (Å²) < 4.78 is 4.75. The van der Waals surface area contributed by atoms with Crippen molar-refractivity contribution in [2.75, 3.05) is 7.11 Å². The van der Waals surface area contributed by atoms with Crippen LogP contribution in [0.5, 0.6) is 5.75 Å². The molecular formula is C5H5NO3S. The zero-order valence-corrected chi connectivity index (χ0v) is 6.05. The second-order valence-corrected chi connectivity index (χ2v) is 2.47. The molecule has 0 unspecified atom stereocenters. The Labute approximate surface area is 61.2 Å². The van der Waals surface area contributed by atoms with Gasteiger partial charge in [0, 0.05) is 5.38 Å². The van der Waals surface area contributed by atoms with E-state index in [4.69, 9.17) is 4.74 Å². The average molecular weight is 159 g/mol. The fraction of sp³-hybridized carbons (Fsp3) is 0.200. The van der Waals surface area contributed by atoms with Crippen LogP contribution < -0.4 is 4.74 Å². The number of ether oxygens (including phenoxy) is 1. The van der Waals surface area contributed by atoms with Gasteiger partial charge >= 0.3 is 5.00 Å². The maximum atomic E-state index is 10.1. The first-order chi connectivity index (χ1) is 4.74. The molecule has 1 aromatic heterocycles. The molecular weight excluding hydrogens is 154 g/mol. The lowest BCUT2D eigenvalue weighted by Crippen LogP contribution is -1.82. The van der Waals surface area contributed by atoms with Crippen molar-refractivity contribution < 1.29 is 9.66 Å². The number of hydrogen-bond acceptors (Lipinski definition) is 4. The number of rotatable bonds is 2. The Kier molecular flexibility index (Phi) is 1.86. The van der Waals surface area contributed by atoms with Gasteiger partial charge in [0.15, 0.2) is 0 Å². The quantitative estimate of drug-likeness (QED) is 0.487. The first kappa shape index (κ1) is 7.01. The predicted octanol–water partition coefficient (Wildman–Crippen LogP) is 1.66. The Morgan fingerprint density at radius 1 is 1.80 bits per heavy atom. The summed E-state index contributed by atoms with van der Waals surface area (Å²) in [7, 11) is 1.48. The van der Waals surface area contributed by atoms with E-state index in [0.717, 1.165) is 11.3 Å². The van der Waals surface area contributed by atoms with Crippen LogP contribution in [0.25, 0.3) is 0 Å². The first-order valence-corrected chi connectivity index (χ1v) is 3.39. The van der Waals surface area contributed by atoms with E-state index in [1.165, 1.54) is 13.2 Å². The SMILES string of the molecule is COc1csc([N+](=O)[O-])c1. The average Bonchev–Trinajstić information content (AvgIpc) is 2.34. The predicted molar refractivity (Wildman–Crippen MR) is 37.5 cm³/mol. The van der Waals surface area contributed by atoms with Crippen LogP contribution in [0, 0.1) is 10.1 Å². The van der Waals surface area contributed by atoms with Crippen molar-refractivity contribution in [3.63, 3.8) is 0 Å². The minimum absolute atomic E-state index is 0.108. The maximum absolute atomic E-state index is 10.1. The molecule has 0 spiro atoms. The van der Waals surface area contributed by atoms with Crippen molar-refractivity contribution >= 4 is 16.3 Å². The Bertz CT molecular complexity index is 245. The summed E-state index contributed by atoms with van der Waals surface area (Å²) in [4.78, 5) is 9.65. The van der Waals surface area contributed by atoms with Crippen LogP contribution in [0.3, 0.4) is 0 Å². The molecule has 0 radical (unpaired) electrons. The summed E-state index contributed by atoms with van der Waals surface area (Å²) >= 11 is 1.06. The molecule has 0 saturated carbocycles. The molecule has 1 heterocycles. The third-order valence-corrected chi connectivity index (χ3v) is 1.84. The number of nitrogens with zero attached hydrogens (tertiary/aromatic N) is 1. The zero-order chi connectivity index (χ0) is 7.56. The van der Waals surface area contributed by atoms with Gasteiger partial charge in [0.25, 0.3) is 0 Å². The second kappa shape index (κ2) is 2.66. The molecule has 0 atom stereocenters. The molecule has 0 aromatic carbocycles. The summed E-state index contributed by atoms with van der Waals surface area (Å²) in [5, 5.41) is 11.8. The van der Waals surface area contributed by atoms with Gasteiger partial charge in [-0.05, 0) is 0 Å². The van der Waals surface area contributed by atoms with Gasteiger partial charge in [-0.25, -0.2) is 0 Å². The van der Waals surface area contributed by atoms with Crippen molar-refractivity contribution in [2.24, 2.45) is 0 Å². The molecule has 1 rings (SSSR count). The van der Waals surface area contributed by atoms with E-state index < -0.39 is 4.92 Å². The zero-order valence-electron chi connectivity index (χ0n) is 5.23. The van der Waals surface area contributed by atoms with Crippen molar-refractivity contribution in [1.29, 1.82) is 0 Å². The molecule has 4 nitrogen and oxygen atoms in total. The number of hydrogen-bond donors (Lipinski definition) is 0. The van der Waals surface area contributed by atoms with Crippen molar-refractivity contribution in [3.8, 4) is 5.75 Å². The lowest BCUT2D eigenvalue weighted by molar-refractivity contribution is -0.380. The van der Waals surface area contributed by atoms with E-state index in [1.54, 1.807) is 5.38 Å². The molecule has 10 heavy (non-hydrogen) atoms. The molecule has 54 valence electrons. The van der Waals surface area contributed by atoms with Gasteiger partial charge in [0.2, 0.25) is 0 Å². The fourth-order valence-electron chi connectivity index (χ4n) is 0.511. The highest BCUT2D eigenvalue weighted by atomic mass is 32.1. The molecule has 0 amide bonds. The molecule has 0 N–H and O–H groups in total. The van der Waals surface area contributed by atoms with Crippen molar-refractivity contribution in [3.05, 3.63) is 21.6 Å². The van der Waals surface area contributed by atoms with Gasteiger partial charge in [-0.1, -0.05) is 11.3 Å². The van der Waals surface area contributed by atoms with Crippen molar-refractivity contribution in [2.45, 2.75) is 0 Å². The second-order valence-electron chi connectivity index (χ2n) is 1.58. The fourth-order valence-corrected chi connectivity index (χ4v) is 1.18. The minimum Gasteiger partial charge on any atom is -0.496 e. The summed E-state index contributed by atoms with van der Waals surface area (Å²) in [6.45, 7) is 0. The van der Waals surface area contributed by atoms with Gasteiger partial charge in [-0.3, -0.25) is 10.1 Å². The van der Waals surface area contributed by atoms with E-state index in [2.05, 4.69) is 0 Å². The molecule has 0 aliphatic carbocycles. The summed E-state index contributed by atoms with van der Waals surface area (Å²) in [5.41, 5.74) is 0. The summed E-state index contributed by atoms with van der Waals surface area (Å²) in [5.74, 6) is 0.539. The van der Waals surface area contributed by atoms with Crippen LogP contribution in [0.15, 0.2) is 11.4 Å². The largest absolute Gasteiger partial charge is 0.496 e. The summed E-state index contributed by atoms with van der Waals surface area (Å²) in [6, 6.07) is 1.39. The first-order valence-electron chi connectivity index (χ1n) is 2.51. The Morgan fingerprint density at radius 2 is 2.50 bits per heavy atom. The van der Waals surface area contributed by atoms with Crippen LogP contribution in [0.1, 0.15) is 0 Å². The molecule has 0 aliphatic heterocycles. The molecule has 0 saturated heterocycles. The number of nitro groups is 1. The van der Waals surface area contributed by atoms with Crippen LogP contribution in [-0.2, 0) is 0 Å². The van der Waals surface area contributed by atoms with Gasteiger partial charge in [0.05, 0.1) is 18.1 Å². The van der Waals surface area contributed by atoms with Gasteiger partial charge in [-0.15, -0.1) is 0 Å². The van der Waals surface area contributed by atoms with Crippen LogP contribution in [0.4, 0.5) is 5.00 Å². The highest BCUT2D eigenvalue weighted by Crippen LogP contribution is 2.27. The van der Waals surface area contributed by atoms with Gasteiger partial charge in [0.1, 0.15) is 5.75 Å². The highest BCUT2D eigenvalue weighted by Gasteiger charge is 2.08. The van der Waals surface area contributed by atoms with E-state index in [-0.39, 0.29) is 5.00 Å². The smallest absolute Gasteiger partial charge is 0.327 e. The van der Waals surface area contributed by atoms with Gasteiger partial charge < -0.3 is 4.74 Å². The van der Waals surface area contributed by atoms with Crippen LogP contribution in [-0.4, -0.2) is 12.0 Å². The lowest BCUT2D eigenvalue weighted by Gasteiger charge is -1.86. The third-order valence-electron chi connectivity index (χ3n) is 0.977. The molecule has 5 heteroatoms. The monoisotopic (exact) mass is 159 g/mol. The van der Waals surface area contributed by atoms with Crippen LogP contribution in [0.2, 0.25) is 0 Å². The Morgan fingerprint density at radius 3 is 2.80 bits per heavy atom. The summed E-state index contributed by atoms with van der Waals surface area (Å²) in [6.07, 6.45) is 0. The topological polar surface area (TPSA) is 52.4 Å². The van der Waals surface area contributed by atoms with E-state index in [1.807, 2.05) is 0 Å². The number of methoxy groups -OCH3 is 1. The maximum Gasteiger partial charge on any atom is 0.327 e. The highest BCUT2D eigenvalue weighted by molar-refractivity contribution is 7.13. The number of thiophene rings is 1. The van der Waals surface area contributed by atoms with E-state index >= 15 is 0 Å². The minimum atomic E-state index is -0.437. The van der Waals surface area contributed by atoms with Crippen molar-refractivity contribution in [1.82, 2.24) is 0 Å².